The van der Waals surface area contributed by atoms with E-state index in [1.807, 2.05) is 72.8 Å². The molecule has 2 aromatic carbocycles. The zero-order valence-corrected chi connectivity index (χ0v) is 15.0. The molecule has 3 aromatic rings. The molecule has 0 bridgehead atoms. The molecule has 0 fully saturated rings. The van der Waals surface area contributed by atoms with Gasteiger partial charge in [-0.2, -0.15) is 0 Å². The second kappa shape index (κ2) is 9.45. The number of aliphatic hydroxyl groups is 1. The molecule has 0 unspecified atom stereocenters. The molecule has 0 spiro atoms. The molecule has 27 heavy (non-hydrogen) atoms. The van der Waals surface area contributed by atoms with E-state index in [1.54, 1.807) is 15.8 Å². The van der Waals surface area contributed by atoms with Crippen LogP contribution in [-0.4, -0.2) is 44.1 Å². The average Bonchev–Trinajstić information content (AvgIpc) is 3.18. The number of amides is 1. The highest BCUT2D eigenvalue weighted by Gasteiger charge is 2.19. The first kappa shape index (κ1) is 18.5. The minimum atomic E-state index is -0.244. The van der Waals surface area contributed by atoms with E-state index in [2.05, 4.69) is 10.3 Å². The van der Waals surface area contributed by atoms with Crippen molar-refractivity contribution in [3.05, 3.63) is 89.8 Å². The van der Waals surface area contributed by atoms with Crippen LogP contribution in [0.4, 0.5) is 0 Å². The molecule has 1 amide bonds. The predicted molar refractivity (Wildman–Crippen MR) is 104 cm³/mol. The van der Waals surface area contributed by atoms with Crippen LogP contribution in [0.2, 0.25) is 0 Å². The molecular weight excluding hydrogens is 340 g/mol. The van der Waals surface area contributed by atoms with Crippen molar-refractivity contribution in [2.45, 2.75) is 13.1 Å². The second-order valence-electron chi connectivity index (χ2n) is 6.07. The third-order valence-corrected chi connectivity index (χ3v) is 4.03. The maximum Gasteiger partial charge on any atom is 0.276 e. The van der Waals surface area contributed by atoms with Crippen molar-refractivity contribution in [3.8, 4) is 0 Å². The number of aliphatic hydroxyl groups excluding tert-OH is 1. The topological polar surface area (TPSA) is 71.2 Å². The van der Waals surface area contributed by atoms with Crippen LogP contribution in [0.1, 0.15) is 21.6 Å². The third kappa shape index (κ3) is 5.36. The Hall–Kier alpha value is -3.25. The Morgan fingerprint density at radius 1 is 1.07 bits per heavy atom. The molecule has 0 aliphatic carbocycles. The van der Waals surface area contributed by atoms with E-state index < -0.39 is 0 Å². The highest BCUT2D eigenvalue weighted by molar-refractivity contribution is 5.91. The number of hydrogen-bond donors (Lipinski definition) is 1. The summed E-state index contributed by atoms with van der Waals surface area (Å²) in [6.45, 7) is 1.08. The van der Waals surface area contributed by atoms with Crippen molar-refractivity contribution in [1.82, 2.24) is 19.9 Å². The molecule has 1 aromatic heterocycles. The summed E-state index contributed by atoms with van der Waals surface area (Å²) in [5, 5.41) is 17.3. The first-order chi connectivity index (χ1) is 13.3. The van der Waals surface area contributed by atoms with Gasteiger partial charge in [0.1, 0.15) is 0 Å². The van der Waals surface area contributed by atoms with E-state index >= 15 is 0 Å². The van der Waals surface area contributed by atoms with Crippen LogP contribution in [0, 0.1) is 0 Å². The Kier molecular flexibility index (Phi) is 6.49. The highest BCUT2D eigenvalue weighted by Crippen LogP contribution is 2.08. The number of carbonyl (C=O) groups is 1. The molecule has 1 N–H and O–H groups in total. The summed E-state index contributed by atoms with van der Waals surface area (Å²) >= 11 is 0. The van der Waals surface area contributed by atoms with Crippen LogP contribution in [-0.2, 0) is 13.1 Å². The van der Waals surface area contributed by atoms with Crippen molar-refractivity contribution in [2.75, 3.05) is 13.2 Å². The summed E-state index contributed by atoms with van der Waals surface area (Å²) in [5.74, 6) is -0.244. The largest absolute Gasteiger partial charge is 0.395 e. The molecule has 1 heterocycles. The number of allylic oxidation sites excluding steroid dienone is 1. The van der Waals surface area contributed by atoms with Gasteiger partial charge >= 0.3 is 0 Å². The van der Waals surface area contributed by atoms with Crippen molar-refractivity contribution < 1.29 is 9.90 Å². The fourth-order valence-electron chi connectivity index (χ4n) is 2.69. The van der Waals surface area contributed by atoms with Gasteiger partial charge in [0, 0.05) is 13.1 Å². The Bertz CT molecular complexity index is 875. The summed E-state index contributed by atoms with van der Waals surface area (Å²) in [5.41, 5.74) is 2.37. The summed E-state index contributed by atoms with van der Waals surface area (Å²) < 4.78 is 1.62. The minimum absolute atomic E-state index is 0.105. The van der Waals surface area contributed by atoms with E-state index in [0.29, 0.717) is 13.1 Å². The lowest BCUT2D eigenvalue weighted by atomic mass is 10.2. The molecule has 0 aliphatic rings. The summed E-state index contributed by atoms with van der Waals surface area (Å²) in [4.78, 5) is 14.3. The van der Waals surface area contributed by atoms with Crippen LogP contribution >= 0.6 is 0 Å². The number of benzene rings is 2. The zero-order chi connectivity index (χ0) is 18.9. The SMILES string of the molecule is O=C(c1cn(C/C=C/c2ccccc2)nn1)N(CCO)Cc1ccccc1. The number of hydrogen-bond acceptors (Lipinski definition) is 4. The normalized spacial score (nSPS) is 11.0. The highest BCUT2D eigenvalue weighted by atomic mass is 16.3. The van der Waals surface area contributed by atoms with Gasteiger partial charge in [-0.05, 0) is 11.1 Å². The quantitative estimate of drug-likeness (QED) is 0.669. The van der Waals surface area contributed by atoms with Gasteiger partial charge in [0.05, 0.1) is 19.3 Å². The number of aromatic nitrogens is 3. The number of nitrogens with zero attached hydrogens (tertiary/aromatic N) is 4. The Morgan fingerprint density at radius 3 is 2.48 bits per heavy atom. The maximum atomic E-state index is 12.7. The minimum Gasteiger partial charge on any atom is -0.395 e. The van der Waals surface area contributed by atoms with Crippen LogP contribution in [0.25, 0.3) is 6.08 Å². The number of rotatable bonds is 8. The second-order valence-corrected chi connectivity index (χ2v) is 6.07. The molecular formula is C21H22N4O2. The van der Waals surface area contributed by atoms with Gasteiger partial charge in [-0.15, -0.1) is 5.10 Å². The fourth-order valence-corrected chi connectivity index (χ4v) is 2.69. The van der Waals surface area contributed by atoms with Crippen molar-refractivity contribution >= 4 is 12.0 Å². The van der Waals surface area contributed by atoms with E-state index in [4.69, 9.17) is 0 Å². The Morgan fingerprint density at radius 2 is 1.78 bits per heavy atom. The van der Waals surface area contributed by atoms with Crippen molar-refractivity contribution in [2.24, 2.45) is 0 Å². The monoisotopic (exact) mass is 362 g/mol. The molecule has 0 atom stereocenters. The number of carbonyl (C=O) groups excluding carboxylic acids is 1. The summed E-state index contributed by atoms with van der Waals surface area (Å²) in [6.07, 6.45) is 5.59. The molecule has 6 nitrogen and oxygen atoms in total. The fraction of sp³-hybridized carbons (Fsp3) is 0.190. The van der Waals surface area contributed by atoms with Crippen LogP contribution in [0.5, 0.6) is 0 Å². The van der Waals surface area contributed by atoms with Crippen LogP contribution < -0.4 is 0 Å². The molecule has 6 heteroatoms. The first-order valence-corrected chi connectivity index (χ1v) is 8.82. The van der Waals surface area contributed by atoms with E-state index in [9.17, 15) is 9.90 Å². The summed E-state index contributed by atoms with van der Waals surface area (Å²) in [6, 6.07) is 19.6. The smallest absolute Gasteiger partial charge is 0.276 e. The Labute approximate surface area is 158 Å². The molecule has 0 radical (unpaired) electrons. The van der Waals surface area contributed by atoms with Gasteiger partial charge in [0.2, 0.25) is 0 Å². The standard InChI is InChI=1S/C21H22N4O2/c26-15-14-24(16-19-10-5-2-6-11-19)21(27)20-17-25(23-22-20)13-7-12-18-8-3-1-4-9-18/h1-12,17,26H,13-16H2/b12-7+. The van der Waals surface area contributed by atoms with Gasteiger partial charge in [-0.3, -0.25) is 4.79 Å². The molecule has 0 saturated heterocycles. The summed E-state index contributed by atoms with van der Waals surface area (Å²) in [7, 11) is 0. The maximum absolute atomic E-state index is 12.7. The van der Waals surface area contributed by atoms with E-state index in [-0.39, 0.29) is 24.8 Å². The van der Waals surface area contributed by atoms with Gasteiger partial charge in [0.25, 0.3) is 5.91 Å². The molecule has 138 valence electrons. The van der Waals surface area contributed by atoms with Crippen LogP contribution in [0.15, 0.2) is 72.9 Å². The zero-order valence-electron chi connectivity index (χ0n) is 15.0. The molecule has 3 rings (SSSR count). The van der Waals surface area contributed by atoms with E-state index in [0.717, 1.165) is 11.1 Å². The van der Waals surface area contributed by atoms with E-state index in [1.165, 1.54) is 0 Å². The lowest BCUT2D eigenvalue weighted by molar-refractivity contribution is 0.0702. The third-order valence-electron chi connectivity index (χ3n) is 4.03. The van der Waals surface area contributed by atoms with Gasteiger partial charge in [-0.25, -0.2) is 4.68 Å². The van der Waals surface area contributed by atoms with Gasteiger partial charge in [0.15, 0.2) is 5.69 Å². The van der Waals surface area contributed by atoms with Gasteiger partial charge < -0.3 is 10.0 Å². The Balaban J connectivity index is 1.64. The lowest BCUT2D eigenvalue weighted by Gasteiger charge is -2.20. The lowest BCUT2D eigenvalue weighted by Crippen LogP contribution is -2.33. The predicted octanol–water partition coefficient (Wildman–Crippen LogP) is 2.63. The molecule has 0 aliphatic heterocycles. The first-order valence-electron chi connectivity index (χ1n) is 8.82. The van der Waals surface area contributed by atoms with Crippen LogP contribution in [0.3, 0.4) is 0 Å². The average molecular weight is 362 g/mol. The van der Waals surface area contributed by atoms with Gasteiger partial charge in [-0.1, -0.05) is 78.0 Å². The molecule has 0 saturated carbocycles. The van der Waals surface area contributed by atoms with Crippen molar-refractivity contribution in [1.29, 1.82) is 0 Å². The van der Waals surface area contributed by atoms with Crippen molar-refractivity contribution in [3.63, 3.8) is 0 Å².